The van der Waals surface area contributed by atoms with Crippen LogP contribution in [0.15, 0.2) is 170 Å². The maximum Gasteiger partial charge on any atom is 0.0725 e. The minimum atomic E-state index is -0.417. The van der Waals surface area contributed by atoms with Gasteiger partial charge in [-0.2, -0.15) is 0 Å². The molecule has 0 heteroatoms. The van der Waals surface area contributed by atoms with Crippen molar-refractivity contribution in [2.75, 3.05) is 0 Å². The molecule has 216 valence electrons. The minimum Gasteiger partial charge on any atom is -0.0619 e. The van der Waals surface area contributed by atoms with Gasteiger partial charge in [-0.25, -0.2) is 0 Å². The second kappa shape index (κ2) is 9.06. The van der Waals surface area contributed by atoms with Crippen LogP contribution in [-0.2, 0) is 5.41 Å². The zero-order valence-corrected chi connectivity index (χ0v) is 25.7. The van der Waals surface area contributed by atoms with Gasteiger partial charge in [0.05, 0.1) is 5.41 Å². The van der Waals surface area contributed by atoms with E-state index in [4.69, 9.17) is 0 Å². The molecule has 0 N–H and O–H groups in total. The number of hydrogen-bond acceptors (Lipinski definition) is 0. The molecule has 0 saturated heterocycles. The van der Waals surface area contributed by atoms with Crippen LogP contribution in [0.4, 0.5) is 0 Å². The predicted molar refractivity (Wildman–Crippen MR) is 198 cm³/mol. The van der Waals surface area contributed by atoms with Gasteiger partial charge >= 0.3 is 0 Å². The van der Waals surface area contributed by atoms with E-state index in [2.05, 4.69) is 170 Å². The molecule has 2 aliphatic carbocycles. The summed E-state index contributed by atoms with van der Waals surface area (Å²) in [4.78, 5) is 0. The Morgan fingerprint density at radius 1 is 0.255 bits per heavy atom. The normalized spacial score (nSPS) is 15.7. The first-order valence-electron chi connectivity index (χ1n) is 16.5. The Kier molecular flexibility index (Phi) is 4.86. The van der Waals surface area contributed by atoms with Crippen molar-refractivity contribution >= 4 is 43.1 Å². The van der Waals surface area contributed by atoms with Crippen LogP contribution in [0, 0.1) is 0 Å². The maximum absolute atomic E-state index is 2.55. The van der Waals surface area contributed by atoms with Crippen molar-refractivity contribution in [1.29, 1.82) is 0 Å². The third kappa shape index (κ3) is 3.13. The summed E-state index contributed by atoms with van der Waals surface area (Å²) in [6.07, 6.45) is 0. The van der Waals surface area contributed by atoms with Crippen LogP contribution in [0.1, 0.15) is 22.3 Å². The van der Waals surface area contributed by atoms with Gasteiger partial charge in [-0.15, -0.1) is 0 Å². The van der Waals surface area contributed by atoms with E-state index in [1.54, 1.807) is 0 Å². The fourth-order valence-electron chi connectivity index (χ4n) is 9.18. The van der Waals surface area contributed by atoms with Crippen molar-refractivity contribution in [3.8, 4) is 33.4 Å². The molecule has 0 amide bonds. The van der Waals surface area contributed by atoms with Crippen molar-refractivity contribution in [3.05, 3.63) is 192 Å². The first-order chi connectivity index (χ1) is 23.3. The van der Waals surface area contributed by atoms with E-state index in [0.29, 0.717) is 0 Å². The van der Waals surface area contributed by atoms with Gasteiger partial charge in [0.1, 0.15) is 0 Å². The van der Waals surface area contributed by atoms with Crippen LogP contribution in [0.2, 0.25) is 0 Å². The van der Waals surface area contributed by atoms with Gasteiger partial charge in [0, 0.05) is 0 Å². The van der Waals surface area contributed by atoms with Crippen LogP contribution in [-0.4, -0.2) is 0 Å². The molecule has 1 spiro atoms. The Morgan fingerprint density at radius 3 is 1.43 bits per heavy atom. The highest BCUT2D eigenvalue weighted by Gasteiger charge is 2.51. The van der Waals surface area contributed by atoms with Crippen LogP contribution in [0.25, 0.3) is 76.5 Å². The Morgan fingerprint density at radius 2 is 0.723 bits per heavy atom. The standard InChI is InChI=1S/C47H28/c1-2-14-31-29(12-1)13-11-21-32(31)30-24-25-39-37-19-7-9-22-43(37)47(45(39)26-30)44-23-10-8-20-38(44)42-27-40-35-17-5-3-15-33(35)34-16-4-6-18-36(34)41(40)28-46(42)47/h1-28H. The second-order valence-corrected chi connectivity index (χ2v) is 13.2. The molecule has 0 aliphatic heterocycles. The molecule has 0 aromatic heterocycles. The summed E-state index contributed by atoms with van der Waals surface area (Å²) in [6, 6.07) is 63.8. The van der Waals surface area contributed by atoms with Crippen LogP contribution < -0.4 is 0 Å². The lowest BCUT2D eigenvalue weighted by Gasteiger charge is -2.31. The third-order valence-corrected chi connectivity index (χ3v) is 11.1. The fourth-order valence-corrected chi connectivity index (χ4v) is 9.18. The van der Waals surface area contributed by atoms with E-state index in [1.807, 2.05) is 0 Å². The molecule has 2 aliphatic rings. The lowest BCUT2D eigenvalue weighted by molar-refractivity contribution is 0.795. The SMILES string of the molecule is c1ccc2c(c1)-c1ccc(-c3cccc4ccccc34)cc1C21c2ccccc2-c2cc3c4ccccc4c4ccccc4c3cc21. The zero-order chi connectivity index (χ0) is 30.7. The van der Waals surface area contributed by atoms with Crippen molar-refractivity contribution in [2.45, 2.75) is 5.41 Å². The fraction of sp³-hybridized carbons (Fsp3) is 0.0213. The van der Waals surface area contributed by atoms with E-state index >= 15 is 0 Å². The Hall–Kier alpha value is -5.98. The molecule has 1 unspecified atom stereocenters. The Balaban J connectivity index is 1.31. The number of rotatable bonds is 1. The van der Waals surface area contributed by atoms with Gasteiger partial charge in [0.2, 0.25) is 0 Å². The average molecular weight is 593 g/mol. The molecule has 0 radical (unpaired) electrons. The molecule has 9 aromatic carbocycles. The van der Waals surface area contributed by atoms with E-state index in [0.717, 1.165) is 0 Å². The summed E-state index contributed by atoms with van der Waals surface area (Å²) in [5, 5.41) is 10.4. The smallest absolute Gasteiger partial charge is 0.0619 e. The van der Waals surface area contributed by atoms with Gasteiger partial charge < -0.3 is 0 Å². The summed E-state index contributed by atoms with van der Waals surface area (Å²) in [6.45, 7) is 0. The van der Waals surface area contributed by atoms with Gasteiger partial charge in [0.25, 0.3) is 0 Å². The molecule has 0 saturated carbocycles. The lowest BCUT2D eigenvalue weighted by atomic mass is 9.70. The van der Waals surface area contributed by atoms with Crippen LogP contribution in [0.3, 0.4) is 0 Å². The second-order valence-electron chi connectivity index (χ2n) is 13.2. The van der Waals surface area contributed by atoms with Crippen molar-refractivity contribution < 1.29 is 0 Å². The zero-order valence-electron chi connectivity index (χ0n) is 25.7. The van der Waals surface area contributed by atoms with E-state index in [-0.39, 0.29) is 0 Å². The molecule has 47 heavy (non-hydrogen) atoms. The Labute approximate surface area is 273 Å². The topological polar surface area (TPSA) is 0 Å². The summed E-state index contributed by atoms with van der Waals surface area (Å²) in [5.41, 5.74) is 13.0. The van der Waals surface area contributed by atoms with Crippen LogP contribution in [0.5, 0.6) is 0 Å². The summed E-state index contributed by atoms with van der Waals surface area (Å²) < 4.78 is 0. The van der Waals surface area contributed by atoms with Gasteiger partial charge in [0.15, 0.2) is 0 Å². The number of fused-ring (bicyclic) bond motifs is 17. The highest BCUT2D eigenvalue weighted by Crippen LogP contribution is 2.64. The van der Waals surface area contributed by atoms with Crippen LogP contribution >= 0.6 is 0 Å². The van der Waals surface area contributed by atoms with Gasteiger partial charge in [-0.3, -0.25) is 0 Å². The van der Waals surface area contributed by atoms with Crippen molar-refractivity contribution in [1.82, 2.24) is 0 Å². The molecule has 1 atom stereocenters. The van der Waals surface area contributed by atoms with E-state index in [1.165, 1.54) is 98.7 Å². The highest BCUT2D eigenvalue weighted by molar-refractivity contribution is 6.26. The molecule has 11 rings (SSSR count). The minimum absolute atomic E-state index is 0.417. The average Bonchev–Trinajstić information content (AvgIpc) is 3.60. The predicted octanol–water partition coefficient (Wildman–Crippen LogP) is 12.3. The van der Waals surface area contributed by atoms with Gasteiger partial charge in [-0.1, -0.05) is 152 Å². The third-order valence-electron chi connectivity index (χ3n) is 11.1. The quantitative estimate of drug-likeness (QED) is 0.166. The molecule has 0 nitrogen and oxygen atoms in total. The summed E-state index contributed by atoms with van der Waals surface area (Å²) in [7, 11) is 0. The van der Waals surface area contributed by atoms with E-state index in [9.17, 15) is 0 Å². The molecular formula is C47H28. The first kappa shape index (κ1) is 25.2. The molecule has 0 bridgehead atoms. The highest BCUT2D eigenvalue weighted by atomic mass is 14.5. The summed E-state index contributed by atoms with van der Waals surface area (Å²) >= 11 is 0. The molecule has 9 aromatic rings. The molecule has 0 heterocycles. The number of benzene rings is 9. The van der Waals surface area contributed by atoms with Crippen molar-refractivity contribution in [3.63, 3.8) is 0 Å². The van der Waals surface area contributed by atoms with Gasteiger partial charge in [-0.05, 0) is 117 Å². The molecule has 0 fully saturated rings. The largest absolute Gasteiger partial charge is 0.0725 e. The van der Waals surface area contributed by atoms with E-state index < -0.39 is 5.41 Å². The van der Waals surface area contributed by atoms with Crippen molar-refractivity contribution in [2.24, 2.45) is 0 Å². The number of hydrogen-bond donors (Lipinski definition) is 0. The summed E-state index contributed by atoms with van der Waals surface area (Å²) in [5.74, 6) is 0. The molecular weight excluding hydrogens is 565 g/mol. The first-order valence-corrected chi connectivity index (χ1v) is 16.5. The Bertz CT molecular complexity index is 2790. The lowest BCUT2D eigenvalue weighted by Crippen LogP contribution is -2.25. The maximum atomic E-state index is 2.55. The monoisotopic (exact) mass is 592 g/mol.